The molecule has 1 aromatic heterocycles. The number of thioether (sulfide) groups is 1. The summed E-state index contributed by atoms with van der Waals surface area (Å²) in [4.78, 5) is 20.2. The number of carboxylic acid groups (broad SMARTS) is 1. The zero-order chi connectivity index (χ0) is 20.1. The van der Waals surface area contributed by atoms with E-state index in [-0.39, 0.29) is 5.75 Å². The fourth-order valence-corrected chi connectivity index (χ4v) is 3.25. The van der Waals surface area contributed by atoms with E-state index in [1.54, 1.807) is 7.11 Å². The van der Waals surface area contributed by atoms with Gasteiger partial charge in [0.2, 0.25) is 5.16 Å². The molecule has 0 saturated carbocycles. The Bertz CT molecular complexity index is 954. The molecule has 3 aromatic rings. The third-order valence-electron chi connectivity index (χ3n) is 4.13. The number of benzene rings is 2. The van der Waals surface area contributed by atoms with Crippen LogP contribution in [0, 0.1) is 0 Å². The minimum absolute atomic E-state index is 0.0873. The third-order valence-corrected chi connectivity index (χ3v) is 4.96. The number of carbonyl (C=O) groups is 1. The van der Waals surface area contributed by atoms with E-state index in [2.05, 4.69) is 58.8 Å². The van der Waals surface area contributed by atoms with E-state index in [4.69, 9.17) is 9.94 Å². The Hall–Kier alpha value is -2.84. The van der Waals surface area contributed by atoms with Gasteiger partial charge in [0.15, 0.2) is 5.82 Å². The van der Waals surface area contributed by atoms with Gasteiger partial charge < -0.3 is 5.11 Å². The molecule has 3 rings (SSSR count). The minimum Gasteiger partial charge on any atom is -0.481 e. The number of H-pyrrole nitrogens is 1. The number of aliphatic carboxylic acids is 1. The summed E-state index contributed by atoms with van der Waals surface area (Å²) in [6, 6.07) is 14.3. The fourth-order valence-electron chi connectivity index (χ4n) is 2.73. The molecule has 0 spiro atoms. The molecule has 7 nitrogen and oxygen atoms in total. The van der Waals surface area contributed by atoms with Crippen LogP contribution in [0.25, 0.3) is 22.5 Å². The van der Waals surface area contributed by atoms with Crippen LogP contribution in [-0.4, -0.2) is 39.1 Å². The monoisotopic (exact) mass is 398 g/mol. The maximum absolute atomic E-state index is 10.7. The van der Waals surface area contributed by atoms with Crippen LogP contribution in [-0.2, 0) is 9.63 Å². The van der Waals surface area contributed by atoms with Crippen LogP contribution in [0.5, 0.6) is 0 Å². The number of hydrogen-bond donors (Lipinski definition) is 3. The molecule has 0 atom stereocenters. The van der Waals surface area contributed by atoms with Crippen LogP contribution >= 0.6 is 11.8 Å². The van der Waals surface area contributed by atoms with Crippen molar-refractivity contribution in [2.75, 3.05) is 18.3 Å². The molecule has 0 radical (unpaired) electrons. The van der Waals surface area contributed by atoms with Crippen molar-refractivity contribution < 1.29 is 14.7 Å². The van der Waals surface area contributed by atoms with Crippen molar-refractivity contribution in [3.8, 4) is 22.5 Å². The average molecular weight is 398 g/mol. The second kappa shape index (κ2) is 8.90. The van der Waals surface area contributed by atoms with E-state index in [0.717, 1.165) is 34.1 Å². The standard InChI is InChI=1S/C20H22N4O3S/c1-12(2)13-4-6-14(7-5-13)15-8-16(10-17(9-15)24-27-3)19-21-20(23-22-19)28-11-18(25)26/h4-10,12,24H,11H2,1-3H3,(H,25,26)(H,21,22,23). The van der Waals surface area contributed by atoms with Gasteiger partial charge in [-0.25, -0.2) is 4.98 Å². The molecule has 28 heavy (non-hydrogen) atoms. The number of aromatic amines is 1. The first-order chi connectivity index (χ1) is 13.5. The van der Waals surface area contributed by atoms with E-state index >= 15 is 0 Å². The van der Waals surface area contributed by atoms with Gasteiger partial charge in [0.1, 0.15) is 0 Å². The Morgan fingerprint density at radius 2 is 1.89 bits per heavy atom. The zero-order valence-electron chi connectivity index (χ0n) is 15.9. The van der Waals surface area contributed by atoms with Gasteiger partial charge in [-0.3, -0.25) is 20.2 Å². The topological polar surface area (TPSA) is 100 Å². The predicted octanol–water partition coefficient (Wildman–Crippen LogP) is 4.41. The molecule has 3 N–H and O–H groups in total. The first kappa shape index (κ1) is 19.9. The number of anilines is 1. The quantitative estimate of drug-likeness (QED) is 0.382. The van der Waals surface area contributed by atoms with Gasteiger partial charge in [-0.05, 0) is 40.8 Å². The molecular weight excluding hydrogens is 376 g/mol. The molecule has 0 saturated heterocycles. The van der Waals surface area contributed by atoms with Gasteiger partial charge in [-0.15, -0.1) is 5.10 Å². The van der Waals surface area contributed by atoms with Crippen molar-refractivity contribution in [1.82, 2.24) is 15.2 Å². The normalized spacial score (nSPS) is 11.0. The highest BCUT2D eigenvalue weighted by atomic mass is 32.2. The number of nitrogens with zero attached hydrogens (tertiary/aromatic N) is 2. The van der Waals surface area contributed by atoms with Crippen LogP contribution in [0.1, 0.15) is 25.3 Å². The predicted molar refractivity (Wildman–Crippen MR) is 110 cm³/mol. The molecule has 0 amide bonds. The Morgan fingerprint density at radius 3 is 2.54 bits per heavy atom. The first-order valence-electron chi connectivity index (χ1n) is 8.78. The number of aromatic nitrogens is 3. The fraction of sp³-hybridized carbons (Fsp3) is 0.250. The van der Waals surface area contributed by atoms with Gasteiger partial charge >= 0.3 is 5.97 Å². The zero-order valence-corrected chi connectivity index (χ0v) is 16.7. The van der Waals surface area contributed by atoms with E-state index in [1.807, 2.05) is 18.2 Å². The Morgan fingerprint density at radius 1 is 1.18 bits per heavy atom. The largest absolute Gasteiger partial charge is 0.481 e. The van der Waals surface area contributed by atoms with Gasteiger partial charge in [-0.1, -0.05) is 49.9 Å². The molecule has 0 aliphatic heterocycles. The van der Waals surface area contributed by atoms with E-state index in [1.165, 1.54) is 5.56 Å². The minimum atomic E-state index is -0.908. The highest BCUT2D eigenvalue weighted by molar-refractivity contribution is 7.99. The second-order valence-corrected chi connectivity index (χ2v) is 7.47. The summed E-state index contributed by atoms with van der Waals surface area (Å²) >= 11 is 1.07. The van der Waals surface area contributed by atoms with Gasteiger partial charge in [0.25, 0.3) is 0 Å². The molecule has 8 heteroatoms. The van der Waals surface area contributed by atoms with Crippen molar-refractivity contribution >= 4 is 23.4 Å². The van der Waals surface area contributed by atoms with E-state index < -0.39 is 5.97 Å². The van der Waals surface area contributed by atoms with Crippen molar-refractivity contribution in [2.45, 2.75) is 24.9 Å². The van der Waals surface area contributed by atoms with Crippen molar-refractivity contribution in [3.05, 3.63) is 48.0 Å². The third kappa shape index (κ3) is 4.90. The summed E-state index contributed by atoms with van der Waals surface area (Å²) in [6.07, 6.45) is 0. The van der Waals surface area contributed by atoms with Crippen molar-refractivity contribution in [3.63, 3.8) is 0 Å². The molecule has 0 aliphatic rings. The molecular formula is C20H22N4O3S. The van der Waals surface area contributed by atoms with Gasteiger partial charge in [0.05, 0.1) is 18.6 Å². The first-order valence-corrected chi connectivity index (χ1v) is 9.76. The Kier molecular flexibility index (Phi) is 6.33. The summed E-state index contributed by atoms with van der Waals surface area (Å²) in [7, 11) is 1.55. The van der Waals surface area contributed by atoms with Crippen LogP contribution in [0.15, 0.2) is 47.6 Å². The number of nitrogens with one attached hydrogen (secondary N) is 2. The summed E-state index contributed by atoms with van der Waals surface area (Å²) in [5.74, 6) is 0.0419. The summed E-state index contributed by atoms with van der Waals surface area (Å²) in [5, 5.41) is 16.2. The van der Waals surface area contributed by atoms with E-state index in [0.29, 0.717) is 16.9 Å². The highest BCUT2D eigenvalue weighted by Crippen LogP contribution is 2.30. The molecule has 2 aromatic carbocycles. The average Bonchev–Trinajstić information content (AvgIpc) is 3.16. The molecule has 0 aliphatic carbocycles. The molecule has 0 bridgehead atoms. The lowest BCUT2D eigenvalue weighted by molar-refractivity contribution is -0.133. The molecule has 1 heterocycles. The molecule has 0 fully saturated rings. The van der Waals surface area contributed by atoms with Crippen molar-refractivity contribution in [1.29, 1.82) is 0 Å². The SMILES string of the molecule is CONc1cc(-c2ccc(C(C)C)cc2)cc(-c2nc(SCC(=O)O)n[nH]2)c1. The molecule has 0 unspecified atom stereocenters. The van der Waals surface area contributed by atoms with Crippen LogP contribution < -0.4 is 5.48 Å². The second-order valence-electron chi connectivity index (χ2n) is 6.53. The summed E-state index contributed by atoms with van der Waals surface area (Å²) < 4.78 is 0. The lowest BCUT2D eigenvalue weighted by Crippen LogP contribution is -1.98. The van der Waals surface area contributed by atoms with Crippen LogP contribution in [0.2, 0.25) is 0 Å². The number of rotatable bonds is 8. The Labute approximate surface area is 167 Å². The van der Waals surface area contributed by atoms with Gasteiger partial charge in [0, 0.05) is 5.56 Å². The van der Waals surface area contributed by atoms with E-state index in [9.17, 15) is 4.79 Å². The van der Waals surface area contributed by atoms with Crippen molar-refractivity contribution in [2.24, 2.45) is 0 Å². The summed E-state index contributed by atoms with van der Waals surface area (Å²) in [5.41, 5.74) is 7.82. The lowest BCUT2D eigenvalue weighted by Gasteiger charge is -2.11. The van der Waals surface area contributed by atoms with Crippen LogP contribution in [0.4, 0.5) is 5.69 Å². The maximum Gasteiger partial charge on any atom is 0.313 e. The maximum atomic E-state index is 10.7. The lowest BCUT2D eigenvalue weighted by atomic mass is 9.97. The number of carboxylic acids is 1. The smallest absolute Gasteiger partial charge is 0.313 e. The molecule has 146 valence electrons. The summed E-state index contributed by atoms with van der Waals surface area (Å²) in [6.45, 7) is 4.33. The highest BCUT2D eigenvalue weighted by Gasteiger charge is 2.11. The number of hydrogen-bond acceptors (Lipinski definition) is 6. The van der Waals surface area contributed by atoms with Crippen LogP contribution in [0.3, 0.4) is 0 Å². The Balaban J connectivity index is 1.94. The van der Waals surface area contributed by atoms with Gasteiger partial charge in [-0.2, -0.15) is 0 Å².